The fourth-order valence-corrected chi connectivity index (χ4v) is 4.74. The number of nitrogens with two attached hydrogens (primary N) is 1. The van der Waals surface area contributed by atoms with Crippen molar-refractivity contribution in [3.05, 3.63) is 65.4 Å². The zero-order valence-corrected chi connectivity index (χ0v) is 16.6. The fourth-order valence-electron chi connectivity index (χ4n) is 4.74. The smallest absolute Gasteiger partial charge is 0.240 e. The van der Waals surface area contributed by atoms with Crippen molar-refractivity contribution in [1.82, 2.24) is 4.90 Å². The Bertz CT molecular complexity index is 1110. The monoisotopic (exact) mass is 400 g/mol. The molecule has 1 amide bonds. The van der Waals surface area contributed by atoms with Gasteiger partial charge in [0, 0.05) is 12.1 Å². The van der Waals surface area contributed by atoms with Gasteiger partial charge in [-0.05, 0) is 34.9 Å². The van der Waals surface area contributed by atoms with Crippen molar-refractivity contribution in [2.75, 3.05) is 14.2 Å². The minimum absolute atomic E-state index is 0.448. The Morgan fingerprint density at radius 1 is 1.10 bits per heavy atom. The van der Waals surface area contributed by atoms with Crippen LogP contribution in [0.1, 0.15) is 28.7 Å². The number of hydrogen-bond acceptors (Lipinski definition) is 6. The van der Waals surface area contributed by atoms with Crippen LogP contribution >= 0.6 is 0 Å². The topological polar surface area (TPSA) is 112 Å². The largest absolute Gasteiger partial charge is 0.493 e. The maximum Gasteiger partial charge on any atom is 0.240 e. The lowest BCUT2D eigenvalue weighted by Gasteiger charge is -2.34. The van der Waals surface area contributed by atoms with E-state index in [4.69, 9.17) is 15.2 Å². The number of carbonyl (C=O) groups excluding carboxylic acids is 1. The number of methoxy groups -OCH3 is 2. The van der Waals surface area contributed by atoms with E-state index in [1.807, 2.05) is 30.3 Å². The number of nitriles is 2. The third-order valence-electron chi connectivity index (χ3n) is 6.00. The summed E-state index contributed by atoms with van der Waals surface area (Å²) in [5.74, 6) is -0.428. The maximum atomic E-state index is 12.6. The molecule has 2 aliphatic rings. The molecule has 150 valence electrons. The second-order valence-corrected chi connectivity index (χ2v) is 7.33. The number of nitrogens with zero attached hydrogens (tertiary/aromatic N) is 3. The van der Waals surface area contributed by atoms with E-state index in [2.05, 4.69) is 12.1 Å². The second kappa shape index (κ2) is 7.13. The van der Waals surface area contributed by atoms with Crippen LogP contribution in [-0.4, -0.2) is 31.1 Å². The normalized spacial score (nSPS) is 22.9. The lowest BCUT2D eigenvalue weighted by molar-refractivity contribution is -0.122. The highest BCUT2D eigenvalue weighted by molar-refractivity contribution is 5.84. The molecule has 0 saturated carbocycles. The van der Waals surface area contributed by atoms with Gasteiger partial charge in [0.2, 0.25) is 5.91 Å². The van der Waals surface area contributed by atoms with Crippen LogP contribution in [0.25, 0.3) is 6.08 Å². The van der Waals surface area contributed by atoms with Crippen LogP contribution in [0.4, 0.5) is 0 Å². The number of benzene rings is 2. The number of hydrogen-bond donors (Lipinski definition) is 1. The lowest BCUT2D eigenvalue weighted by Crippen LogP contribution is -2.41. The summed E-state index contributed by atoms with van der Waals surface area (Å²) in [5, 5.41) is 20.6. The molecule has 2 aromatic carbocycles. The Balaban J connectivity index is 1.98. The molecular formula is C23H20N4O3. The quantitative estimate of drug-likeness (QED) is 0.844. The Hall–Kier alpha value is -3.97. The van der Waals surface area contributed by atoms with Crippen molar-refractivity contribution < 1.29 is 14.3 Å². The minimum Gasteiger partial charge on any atom is -0.493 e. The van der Waals surface area contributed by atoms with Crippen LogP contribution in [0.2, 0.25) is 0 Å². The van der Waals surface area contributed by atoms with E-state index in [1.165, 1.54) is 14.2 Å². The van der Waals surface area contributed by atoms with E-state index in [1.54, 1.807) is 29.3 Å². The molecule has 2 aromatic rings. The van der Waals surface area contributed by atoms with Crippen LogP contribution < -0.4 is 15.2 Å². The van der Waals surface area contributed by atoms with Gasteiger partial charge in [-0.15, -0.1) is 0 Å². The van der Waals surface area contributed by atoms with Crippen molar-refractivity contribution >= 4 is 12.0 Å². The van der Waals surface area contributed by atoms with Crippen LogP contribution in [0, 0.1) is 28.1 Å². The molecule has 1 saturated heterocycles. The van der Waals surface area contributed by atoms with E-state index < -0.39 is 29.3 Å². The van der Waals surface area contributed by atoms with E-state index in [-0.39, 0.29) is 0 Å². The zero-order valence-electron chi connectivity index (χ0n) is 16.6. The summed E-state index contributed by atoms with van der Waals surface area (Å²) < 4.78 is 10.7. The molecule has 2 aliphatic heterocycles. The van der Waals surface area contributed by atoms with E-state index >= 15 is 0 Å². The first-order chi connectivity index (χ1) is 14.5. The van der Waals surface area contributed by atoms with E-state index in [9.17, 15) is 15.3 Å². The Morgan fingerprint density at radius 2 is 1.80 bits per heavy atom. The lowest BCUT2D eigenvalue weighted by atomic mass is 9.68. The predicted molar refractivity (Wildman–Crippen MR) is 109 cm³/mol. The molecule has 2 heterocycles. The molecule has 7 nitrogen and oxygen atoms in total. The average molecular weight is 400 g/mol. The summed E-state index contributed by atoms with van der Waals surface area (Å²) in [6.45, 7) is 0. The number of primary amides is 1. The highest BCUT2D eigenvalue weighted by Crippen LogP contribution is 2.59. The number of fused-ring (bicyclic) bond motifs is 3. The fraction of sp³-hybridized carbons (Fsp3) is 0.261. The highest BCUT2D eigenvalue weighted by atomic mass is 16.5. The van der Waals surface area contributed by atoms with Crippen LogP contribution in [0.15, 0.2) is 48.7 Å². The molecule has 30 heavy (non-hydrogen) atoms. The molecule has 0 unspecified atom stereocenters. The Morgan fingerprint density at radius 3 is 2.43 bits per heavy atom. The van der Waals surface area contributed by atoms with Crippen molar-refractivity contribution in [2.24, 2.45) is 11.1 Å². The van der Waals surface area contributed by atoms with E-state index in [0.717, 1.165) is 11.1 Å². The average Bonchev–Trinajstić information content (AvgIpc) is 3.09. The van der Waals surface area contributed by atoms with Crippen molar-refractivity contribution in [3.8, 4) is 23.6 Å². The second-order valence-electron chi connectivity index (χ2n) is 7.33. The zero-order chi connectivity index (χ0) is 21.5. The summed E-state index contributed by atoms with van der Waals surface area (Å²) in [4.78, 5) is 14.4. The molecule has 7 heteroatoms. The van der Waals surface area contributed by atoms with Crippen molar-refractivity contribution in [1.29, 1.82) is 10.5 Å². The Kier molecular flexibility index (Phi) is 4.60. The van der Waals surface area contributed by atoms with Gasteiger partial charge in [-0.3, -0.25) is 4.79 Å². The number of rotatable bonds is 4. The van der Waals surface area contributed by atoms with Gasteiger partial charge in [0.15, 0.2) is 16.9 Å². The van der Waals surface area contributed by atoms with Gasteiger partial charge in [-0.25, -0.2) is 0 Å². The molecular weight excluding hydrogens is 380 g/mol. The van der Waals surface area contributed by atoms with Gasteiger partial charge < -0.3 is 20.1 Å². The van der Waals surface area contributed by atoms with Crippen LogP contribution in [-0.2, 0) is 4.79 Å². The number of ether oxygens (including phenoxy) is 2. The number of carbonyl (C=O) groups is 1. The van der Waals surface area contributed by atoms with Crippen LogP contribution in [0.5, 0.6) is 11.5 Å². The Labute approximate surface area is 174 Å². The van der Waals surface area contributed by atoms with Crippen molar-refractivity contribution in [3.63, 3.8) is 0 Å². The summed E-state index contributed by atoms with van der Waals surface area (Å²) in [6.07, 6.45) is 3.63. The van der Waals surface area contributed by atoms with Crippen molar-refractivity contribution in [2.45, 2.75) is 18.0 Å². The van der Waals surface area contributed by atoms with Gasteiger partial charge in [0.1, 0.15) is 6.04 Å². The molecule has 2 N–H and O–H groups in total. The third-order valence-corrected chi connectivity index (χ3v) is 6.00. The summed E-state index contributed by atoms with van der Waals surface area (Å²) in [6, 6.07) is 15.7. The van der Waals surface area contributed by atoms with Gasteiger partial charge in [0.05, 0.1) is 32.4 Å². The molecule has 0 aliphatic carbocycles. The van der Waals surface area contributed by atoms with Gasteiger partial charge in [-0.2, -0.15) is 10.5 Å². The first-order valence-corrected chi connectivity index (χ1v) is 9.40. The first-order valence-electron chi connectivity index (χ1n) is 9.40. The standard InChI is InChI=1S/C23H20N4O3/c1-29-17-8-7-15(11-18(17)30-2)19-20(22(26)28)27-10-9-14-5-3-4-6-16(14)21(27)23(19,12-24)13-25/h3-11,19-21H,1-2H3,(H2,26,28)/t19-,20-,21+/m1/s1. The van der Waals surface area contributed by atoms with Gasteiger partial charge in [0.25, 0.3) is 0 Å². The highest BCUT2D eigenvalue weighted by Gasteiger charge is 2.63. The first kappa shape index (κ1) is 19.4. The maximum absolute atomic E-state index is 12.6. The summed E-state index contributed by atoms with van der Waals surface area (Å²) in [5.41, 5.74) is 6.61. The molecule has 4 rings (SSSR count). The predicted octanol–water partition coefficient (Wildman–Crippen LogP) is 2.72. The molecule has 0 bridgehead atoms. The molecule has 3 atom stereocenters. The molecule has 0 radical (unpaired) electrons. The summed E-state index contributed by atoms with van der Waals surface area (Å²) in [7, 11) is 3.03. The van der Waals surface area contributed by atoms with Crippen LogP contribution in [0.3, 0.4) is 0 Å². The van der Waals surface area contributed by atoms with Gasteiger partial charge >= 0.3 is 0 Å². The third kappa shape index (κ3) is 2.53. The molecule has 0 spiro atoms. The molecule has 0 aromatic heterocycles. The minimum atomic E-state index is -1.54. The molecule has 1 fully saturated rings. The SMILES string of the molecule is COc1ccc([C@@H]2[C@H](C(N)=O)N3C=Cc4ccccc4[C@H]3C2(C#N)C#N)cc1OC. The summed E-state index contributed by atoms with van der Waals surface area (Å²) >= 11 is 0. The number of amides is 1. The van der Waals surface area contributed by atoms with E-state index in [0.29, 0.717) is 17.1 Å². The van der Waals surface area contributed by atoms with Gasteiger partial charge in [-0.1, -0.05) is 30.3 Å².